The second-order valence-corrected chi connectivity index (χ2v) is 3.19. The monoisotopic (exact) mass is 270 g/mol. The third-order valence-corrected chi connectivity index (χ3v) is 2.16. The number of hydrogen-bond donors (Lipinski definition) is 0. The summed E-state index contributed by atoms with van der Waals surface area (Å²) in [7, 11) is 2.33. The molecule has 0 aliphatic carbocycles. The SMILES string of the molecule is COC(=O)C=C(OC(CCl)CCl)C(=O)OC. The van der Waals surface area contributed by atoms with Crippen LogP contribution in [0.15, 0.2) is 11.8 Å². The van der Waals surface area contributed by atoms with E-state index < -0.39 is 18.0 Å². The zero-order valence-corrected chi connectivity index (χ0v) is 10.4. The van der Waals surface area contributed by atoms with Gasteiger partial charge in [0.05, 0.1) is 32.1 Å². The summed E-state index contributed by atoms with van der Waals surface area (Å²) >= 11 is 11.1. The Balaban J connectivity index is 4.74. The molecule has 0 aromatic rings. The molecule has 16 heavy (non-hydrogen) atoms. The number of carbonyl (C=O) groups excluding carboxylic acids is 2. The molecule has 7 heteroatoms. The van der Waals surface area contributed by atoms with Crippen LogP contribution in [-0.4, -0.2) is 44.0 Å². The van der Waals surface area contributed by atoms with Crippen molar-refractivity contribution in [1.82, 2.24) is 0 Å². The van der Waals surface area contributed by atoms with Crippen LogP contribution in [0.1, 0.15) is 0 Å². The van der Waals surface area contributed by atoms with Crippen molar-refractivity contribution in [3.63, 3.8) is 0 Å². The van der Waals surface area contributed by atoms with E-state index >= 15 is 0 Å². The van der Waals surface area contributed by atoms with E-state index in [1.54, 1.807) is 0 Å². The zero-order valence-electron chi connectivity index (χ0n) is 8.87. The van der Waals surface area contributed by atoms with E-state index in [1.807, 2.05) is 0 Å². The van der Waals surface area contributed by atoms with Crippen molar-refractivity contribution in [3.05, 3.63) is 11.8 Å². The molecular weight excluding hydrogens is 259 g/mol. The van der Waals surface area contributed by atoms with Gasteiger partial charge in [0.2, 0.25) is 5.76 Å². The minimum Gasteiger partial charge on any atom is -0.481 e. The van der Waals surface area contributed by atoms with Gasteiger partial charge in [-0.3, -0.25) is 0 Å². The number of hydrogen-bond acceptors (Lipinski definition) is 5. The second-order valence-electron chi connectivity index (χ2n) is 2.57. The Morgan fingerprint density at radius 3 is 2.12 bits per heavy atom. The number of rotatable bonds is 6. The first kappa shape index (κ1) is 15.1. The molecule has 0 heterocycles. The van der Waals surface area contributed by atoms with Crippen molar-refractivity contribution < 1.29 is 23.8 Å². The molecule has 0 rings (SSSR count). The van der Waals surface area contributed by atoms with E-state index in [4.69, 9.17) is 27.9 Å². The Labute approximate surface area is 103 Å². The van der Waals surface area contributed by atoms with Crippen molar-refractivity contribution in [2.24, 2.45) is 0 Å². The van der Waals surface area contributed by atoms with E-state index in [9.17, 15) is 9.59 Å². The Morgan fingerprint density at radius 1 is 1.19 bits per heavy atom. The third-order valence-electron chi connectivity index (χ3n) is 1.47. The van der Waals surface area contributed by atoms with Gasteiger partial charge in [-0.15, -0.1) is 23.2 Å². The number of alkyl halides is 2. The summed E-state index contributed by atoms with van der Waals surface area (Å²) in [5.74, 6) is -1.66. The zero-order chi connectivity index (χ0) is 12.6. The minimum atomic E-state index is -0.800. The van der Waals surface area contributed by atoms with E-state index in [0.717, 1.165) is 13.2 Å². The lowest BCUT2D eigenvalue weighted by atomic mass is 10.4. The molecule has 0 N–H and O–H groups in total. The first-order valence-electron chi connectivity index (χ1n) is 4.25. The summed E-state index contributed by atoms with van der Waals surface area (Å²) in [4.78, 5) is 22.2. The average molecular weight is 271 g/mol. The molecule has 0 spiro atoms. The molecule has 0 aliphatic heterocycles. The van der Waals surface area contributed by atoms with Crippen molar-refractivity contribution in [2.45, 2.75) is 6.10 Å². The highest BCUT2D eigenvalue weighted by Crippen LogP contribution is 2.08. The van der Waals surface area contributed by atoms with Gasteiger partial charge in [0.25, 0.3) is 0 Å². The van der Waals surface area contributed by atoms with Crippen LogP contribution in [0.4, 0.5) is 0 Å². The second kappa shape index (κ2) is 8.24. The maximum atomic E-state index is 11.2. The fraction of sp³-hybridized carbons (Fsp3) is 0.556. The van der Waals surface area contributed by atoms with Gasteiger partial charge in [0, 0.05) is 0 Å². The number of halogens is 2. The summed E-state index contributed by atoms with van der Waals surface area (Å²) < 4.78 is 13.9. The fourth-order valence-corrected chi connectivity index (χ4v) is 1.15. The molecule has 0 atom stereocenters. The van der Waals surface area contributed by atoms with Crippen LogP contribution in [-0.2, 0) is 23.8 Å². The van der Waals surface area contributed by atoms with Crippen LogP contribution >= 0.6 is 23.2 Å². The highest BCUT2D eigenvalue weighted by Gasteiger charge is 2.18. The maximum Gasteiger partial charge on any atom is 0.373 e. The molecule has 0 aromatic heterocycles. The Bertz CT molecular complexity index is 273. The van der Waals surface area contributed by atoms with Crippen LogP contribution < -0.4 is 0 Å². The smallest absolute Gasteiger partial charge is 0.373 e. The van der Waals surface area contributed by atoms with Crippen molar-refractivity contribution >= 4 is 35.1 Å². The Hall–Kier alpha value is -0.940. The van der Waals surface area contributed by atoms with Gasteiger partial charge in [-0.2, -0.15) is 0 Å². The lowest BCUT2D eigenvalue weighted by Crippen LogP contribution is -2.21. The molecule has 0 unspecified atom stereocenters. The first-order chi connectivity index (χ1) is 7.58. The summed E-state index contributed by atoms with van der Waals surface area (Å²) in [5, 5.41) is 0. The van der Waals surface area contributed by atoms with Crippen LogP contribution in [0.25, 0.3) is 0 Å². The standard InChI is InChI=1S/C9H12Cl2O5/c1-14-8(12)3-7(9(13)15-2)16-6(4-10)5-11/h3,6H,4-5H2,1-2H3. The predicted octanol–water partition coefficient (Wildman–Crippen LogP) is 1.08. The normalized spacial score (nSPS) is 11.2. The van der Waals surface area contributed by atoms with Crippen LogP contribution in [0.5, 0.6) is 0 Å². The molecule has 0 bridgehead atoms. The summed E-state index contributed by atoms with van der Waals surface area (Å²) in [6.45, 7) is 0. The molecule has 0 aliphatic rings. The lowest BCUT2D eigenvalue weighted by molar-refractivity contribution is -0.142. The van der Waals surface area contributed by atoms with Crippen LogP contribution in [0, 0.1) is 0 Å². The molecule has 0 fully saturated rings. The molecule has 0 saturated carbocycles. The summed E-state index contributed by atoms with van der Waals surface area (Å²) in [6.07, 6.45) is 0.288. The molecule has 0 radical (unpaired) electrons. The lowest BCUT2D eigenvalue weighted by Gasteiger charge is -2.14. The average Bonchev–Trinajstić information content (AvgIpc) is 2.32. The molecule has 0 saturated heterocycles. The quantitative estimate of drug-likeness (QED) is 0.313. The van der Waals surface area contributed by atoms with Crippen LogP contribution in [0.3, 0.4) is 0 Å². The van der Waals surface area contributed by atoms with Gasteiger partial charge in [-0.05, 0) is 0 Å². The molecule has 0 amide bonds. The summed E-state index contributed by atoms with van der Waals surface area (Å²) in [5.41, 5.74) is 0. The summed E-state index contributed by atoms with van der Waals surface area (Å²) in [6, 6.07) is 0. The third kappa shape index (κ3) is 5.23. The van der Waals surface area contributed by atoms with Crippen molar-refractivity contribution in [3.8, 4) is 0 Å². The van der Waals surface area contributed by atoms with Gasteiger partial charge in [0.1, 0.15) is 6.10 Å². The first-order valence-corrected chi connectivity index (χ1v) is 5.32. The van der Waals surface area contributed by atoms with E-state index in [-0.39, 0.29) is 17.5 Å². The van der Waals surface area contributed by atoms with Crippen molar-refractivity contribution in [2.75, 3.05) is 26.0 Å². The van der Waals surface area contributed by atoms with Gasteiger partial charge in [-0.1, -0.05) is 0 Å². The van der Waals surface area contributed by atoms with Crippen LogP contribution in [0.2, 0.25) is 0 Å². The van der Waals surface area contributed by atoms with E-state index in [0.29, 0.717) is 0 Å². The van der Waals surface area contributed by atoms with E-state index in [1.165, 1.54) is 7.11 Å². The molecule has 92 valence electrons. The van der Waals surface area contributed by atoms with E-state index in [2.05, 4.69) is 9.47 Å². The van der Waals surface area contributed by atoms with Crippen molar-refractivity contribution in [1.29, 1.82) is 0 Å². The number of ether oxygens (including phenoxy) is 3. The molecule has 5 nitrogen and oxygen atoms in total. The maximum absolute atomic E-state index is 11.2. The fourth-order valence-electron chi connectivity index (χ4n) is 0.691. The molecule has 0 aromatic carbocycles. The Morgan fingerprint density at radius 2 is 1.75 bits per heavy atom. The van der Waals surface area contributed by atoms with Gasteiger partial charge in [-0.25, -0.2) is 9.59 Å². The molecular formula is C9H12Cl2O5. The largest absolute Gasteiger partial charge is 0.481 e. The number of esters is 2. The van der Waals surface area contributed by atoms with Gasteiger partial charge in [0.15, 0.2) is 0 Å². The number of carbonyl (C=O) groups is 2. The van der Waals surface area contributed by atoms with Gasteiger partial charge >= 0.3 is 11.9 Å². The Kier molecular flexibility index (Phi) is 7.76. The predicted molar refractivity (Wildman–Crippen MR) is 58.4 cm³/mol. The highest BCUT2D eigenvalue weighted by atomic mass is 35.5. The highest BCUT2D eigenvalue weighted by molar-refractivity contribution is 6.21. The minimum absolute atomic E-state index is 0.0823. The van der Waals surface area contributed by atoms with Gasteiger partial charge < -0.3 is 14.2 Å². The topological polar surface area (TPSA) is 61.8 Å². The number of methoxy groups -OCH3 is 2.